The summed E-state index contributed by atoms with van der Waals surface area (Å²) in [5.41, 5.74) is 0.821. The first-order valence-electron chi connectivity index (χ1n) is 5.57. The molecule has 1 aliphatic heterocycles. The standard InChI is InChI=1S/C12H17NO2S/c1-10-7-8-13(9-10)16(14,15)12-6-4-3-5-11(12)2/h3-6,10H,7-9H2,1-2H3. The summed E-state index contributed by atoms with van der Waals surface area (Å²) >= 11 is 0. The Labute approximate surface area is 97.1 Å². The molecule has 4 heteroatoms. The summed E-state index contributed by atoms with van der Waals surface area (Å²) < 4.78 is 26.3. The van der Waals surface area contributed by atoms with Gasteiger partial charge in [-0.1, -0.05) is 25.1 Å². The average molecular weight is 239 g/mol. The second-order valence-corrected chi connectivity index (χ2v) is 6.43. The van der Waals surface area contributed by atoms with Crippen LogP contribution >= 0.6 is 0 Å². The number of aryl methyl sites for hydroxylation is 1. The topological polar surface area (TPSA) is 37.4 Å². The second-order valence-electron chi connectivity index (χ2n) is 4.52. The fraction of sp³-hybridized carbons (Fsp3) is 0.500. The number of benzene rings is 1. The summed E-state index contributed by atoms with van der Waals surface area (Å²) in [5, 5.41) is 0. The summed E-state index contributed by atoms with van der Waals surface area (Å²) in [4.78, 5) is 0.448. The Morgan fingerprint density at radius 3 is 2.56 bits per heavy atom. The van der Waals surface area contributed by atoms with Crippen molar-refractivity contribution in [2.75, 3.05) is 13.1 Å². The van der Waals surface area contributed by atoms with E-state index in [1.165, 1.54) is 0 Å². The molecule has 1 saturated heterocycles. The summed E-state index contributed by atoms with van der Waals surface area (Å²) in [6.45, 7) is 5.23. The fourth-order valence-electron chi connectivity index (χ4n) is 2.10. The minimum Gasteiger partial charge on any atom is -0.207 e. The lowest BCUT2D eigenvalue weighted by atomic mass is 10.2. The maximum Gasteiger partial charge on any atom is 0.243 e. The molecule has 0 aromatic heterocycles. The Balaban J connectivity index is 2.36. The molecular weight excluding hydrogens is 222 g/mol. The lowest BCUT2D eigenvalue weighted by molar-refractivity contribution is 0.464. The van der Waals surface area contributed by atoms with Crippen molar-refractivity contribution in [2.24, 2.45) is 5.92 Å². The van der Waals surface area contributed by atoms with Crippen LogP contribution in [0.25, 0.3) is 0 Å². The van der Waals surface area contributed by atoms with Crippen LogP contribution in [0.3, 0.4) is 0 Å². The highest BCUT2D eigenvalue weighted by Gasteiger charge is 2.31. The van der Waals surface area contributed by atoms with Gasteiger partial charge < -0.3 is 0 Å². The van der Waals surface area contributed by atoms with Crippen molar-refractivity contribution >= 4 is 10.0 Å². The highest BCUT2D eigenvalue weighted by atomic mass is 32.2. The van der Waals surface area contributed by atoms with Gasteiger partial charge in [-0.05, 0) is 30.9 Å². The molecule has 1 aromatic carbocycles. The van der Waals surface area contributed by atoms with E-state index in [1.807, 2.05) is 19.1 Å². The molecule has 1 atom stereocenters. The fourth-order valence-corrected chi connectivity index (χ4v) is 3.90. The molecule has 16 heavy (non-hydrogen) atoms. The van der Waals surface area contributed by atoms with Crippen LogP contribution in [0.15, 0.2) is 29.2 Å². The summed E-state index contributed by atoms with van der Waals surface area (Å²) in [5.74, 6) is 0.471. The molecule has 0 spiro atoms. The Morgan fingerprint density at radius 1 is 1.31 bits per heavy atom. The van der Waals surface area contributed by atoms with Crippen molar-refractivity contribution in [3.05, 3.63) is 29.8 Å². The van der Waals surface area contributed by atoms with Crippen LogP contribution in [-0.4, -0.2) is 25.8 Å². The number of hydrogen-bond donors (Lipinski definition) is 0. The zero-order valence-corrected chi connectivity index (χ0v) is 10.5. The molecule has 1 heterocycles. The monoisotopic (exact) mass is 239 g/mol. The molecule has 0 radical (unpaired) electrons. The van der Waals surface area contributed by atoms with Gasteiger partial charge in [0.05, 0.1) is 4.90 Å². The van der Waals surface area contributed by atoms with Crippen LogP contribution < -0.4 is 0 Å². The van der Waals surface area contributed by atoms with E-state index in [0.717, 1.165) is 12.0 Å². The van der Waals surface area contributed by atoms with Gasteiger partial charge >= 0.3 is 0 Å². The van der Waals surface area contributed by atoms with Crippen LogP contribution in [-0.2, 0) is 10.0 Å². The Kier molecular flexibility index (Phi) is 3.04. The summed E-state index contributed by atoms with van der Waals surface area (Å²) in [6.07, 6.45) is 0.963. The quantitative estimate of drug-likeness (QED) is 0.792. The van der Waals surface area contributed by atoms with Gasteiger partial charge in [-0.15, -0.1) is 0 Å². The Hall–Kier alpha value is -0.870. The molecule has 1 aliphatic rings. The van der Waals surface area contributed by atoms with Gasteiger partial charge in [-0.25, -0.2) is 8.42 Å². The minimum atomic E-state index is -3.27. The first-order valence-corrected chi connectivity index (χ1v) is 7.01. The van der Waals surface area contributed by atoms with Crippen LogP contribution in [0.4, 0.5) is 0 Å². The van der Waals surface area contributed by atoms with E-state index in [4.69, 9.17) is 0 Å². The van der Waals surface area contributed by atoms with Crippen molar-refractivity contribution in [1.82, 2.24) is 4.31 Å². The lowest BCUT2D eigenvalue weighted by Crippen LogP contribution is -2.29. The average Bonchev–Trinajstić information content (AvgIpc) is 2.66. The van der Waals surface area contributed by atoms with Crippen molar-refractivity contribution in [3.63, 3.8) is 0 Å². The normalized spacial score (nSPS) is 22.5. The van der Waals surface area contributed by atoms with Gasteiger partial charge in [0.1, 0.15) is 0 Å². The largest absolute Gasteiger partial charge is 0.243 e. The molecule has 88 valence electrons. The van der Waals surface area contributed by atoms with Crippen LogP contribution in [0.1, 0.15) is 18.9 Å². The predicted molar refractivity (Wildman–Crippen MR) is 63.7 cm³/mol. The molecule has 1 fully saturated rings. The Morgan fingerprint density at radius 2 is 2.00 bits per heavy atom. The molecular formula is C12H17NO2S. The van der Waals surface area contributed by atoms with E-state index < -0.39 is 10.0 Å². The van der Waals surface area contributed by atoms with Gasteiger partial charge in [0.25, 0.3) is 0 Å². The molecule has 0 bridgehead atoms. The zero-order chi connectivity index (χ0) is 11.8. The van der Waals surface area contributed by atoms with Crippen LogP contribution in [0.2, 0.25) is 0 Å². The predicted octanol–water partition coefficient (Wildman–Crippen LogP) is 2.03. The van der Waals surface area contributed by atoms with Gasteiger partial charge in [-0.2, -0.15) is 4.31 Å². The molecule has 3 nitrogen and oxygen atoms in total. The van der Waals surface area contributed by atoms with E-state index in [0.29, 0.717) is 23.9 Å². The van der Waals surface area contributed by atoms with E-state index in [-0.39, 0.29) is 0 Å². The van der Waals surface area contributed by atoms with Crippen molar-refractivity contribution < 1.29 is 8.42 Å². The third-order valence-electron chi connectivity index (χ3n) is 3.10. The lowest BCUT2D eigenvalue weighted by Gasteiger charge is -2.17. The van der Waals surface area contributed by atoms with Crippen LogP contribution in [0, 0.1) is 12.8 Å². The van der Waals surface area contributed by atoms with E-state index in [9.17, 15) is 8.42 Å². The van der Waals surface area contributed by atoms with Gasteiger partial charge in [0, 0.05) is 13.1 Å². The third-order valence-corrected chi connectivity index (χ3v) is 5.12. The maximum absolute atomic E-state index is 12.3. The number of rotatable bonds is 2. The van der Waals surface area contributed by atoms with Crippen molar-refractivity contribution in [2.45, 2.75) is 25.2 Å². The third kappa shape index (κ3) is 1.99. The highest BCUT2D eigenvalue weighted by Crippen LogP contribution is 2.25. The SMILES string of the molecule is Cc1ccccc1S(=O)(=O)N1CCC(C)C1. The first kappa shape index (κ1) is 11.6. The maximum atomic E-state index is 12.3. The molecule has 0 N–H and O–H groups in total. The molecule has 2 rings (SSSR count). The number of sulfonamides is 1. The van der Waals surface area contributed by atoms with Crippen molar-refractivity contribution in [3.8, 4) is 0 Å². The smallest absolute Gasteiger partial charge is 0.207 e. The summed E-state index contributed by atoms with van der Waals surface area (Å²) in [7, 11) is -3.27. The van der Waals surface area contributed by atoms with Gasteiger partial charge in [0.15, 0.2) is 0 Å². The van der Waals surface area contributed by atoms with Gasteiger partial charge in [0.2, 0.25) is 10.0 Å². The second kappa shape index (κ2) is 4.18. The van der Waals surface area contributed by atoms with E-state index in [2.05, 4.69) is 6.92 Å². The summed E-state index contributed by atoms with van der Waals surface area (Å²) in [6, 6.07) is 7.17. The zero-order valence-electron chi connectivity index (χ0n) is 9.68. The number of hydrogen-bond acceptors (Lipinski definition) is 2. The van der Waals surface area contributed by atoms with Crippen LogP contribution in [0.5, 0.6) is 0 Å². The van der Waals surface area contributed by atoms with E-state index >= 15 is 0 Å². The van der Waals surface area contributed by atoms with Gasteiger partial charge in [-0.3, -0.25) is 0 Å². The molecule has 1 unspecified atom stereocenters. The molecule has 0 amide bonds. The molecule has 1 aromatic rings. The molecule has 0 aliphatic carbocycles. The number of nitrogens with zero attached hydrogens (tertiary/aromatic N) is 1. The Bertz CT molecular complexity index is 482. The minimum absolute atomic E-state index is 0.448. The highest BCUT2D eigenvalue weighted by molar-refractivity contribution is 7.89. The van der Waals surface area contributed by atoms with Crippen molar-refractivity contribution in [1.29, 1.82) is 0 Å². The van der Waals surface area contributed by atoms with E-state index in [1.54, 1.807) is 16.4 Å². The molecule has 0 saturated carbocycles. The first-order chi connectivity index (χ1) is 7.51.